The first kappa shape index (κ1) is 18.6. The second-order valence-electron chi connectivity index (χ2n) is 9.18. The highest BCUT2D eigenvalue weighted by Gasteiger charge is 2.32. The molecule has 0 fully saturated rings. The lowest BCUT2D eigenvalue weighted by Gasteiger charge is -2.21. The summed E-state index contributed by atoms with van der Waals surface area (Å²) in [6.07, 6.45) is 0. The van der Waals surface area contributed by atoms with Gasteiger partial charge >= 0.3 is 0 Å². The van der Waals surface area contributed by atoms with Crippen molar-refractivity contribution in [1.82, 2.24) is 0 Å². The summed E-state index contributed by atoms with van der Waals surface area (Å²) in [5, 5.41) is 7.61. The molecule has 0 radical (unpaired) electrons. The highest BCUT2D eigenvalue weighted by molar-refractivity contribution is 6.97. The number of para-hydroxylation sites is 1. The summed E-state index contributed by atoms with van der Waals surface area (Å²) in [7, 11) is 4.23. The number of benzene rings is 6. The van der Waals surface area contributed by atoms with Crippen molar-refractivity contribution in [2.75, 3.05) is 19.0 Å². The molecule has 6 aromatic carbocycles. The minimum absolute atomic E-state index is 0.113. The molecule has 1 aliphatic heterocycles. The van der Waals surface area contributed by atoms with E-state index >= 15 is 0 Å². The summed E-state index contributed by atoms with van der Waals surface area (Å²) in [5.41, 5.74) is 5.03. The van der Waals surface area contributed by atoms with Crippen LogP contribution in [0.2, 0.25) is 0 Å². The molecule has 0 spiro atoms. The fourth-order valence-electron chi connectivity index (χ4n) is 5.70. The van der Waals surface area contributed by atoms with Gasteiger partial charge in [-0.05, 0) is 39.8 Å². The summed E-state index contributed by atoms with van der Waals surface area (Å²) in [6.45, 7) is 0.113. The molecule has 0 bridgehead atoms. The van der Waals surface area contributed by atoms with Crippen LogP contribution in [0.25, 0.3) is 32.3 Å². The molecule has 0 amide bonds. The van der Waals surface area contributed by atoms with Crippen molar-refractivity contribution in [2.24, 2.45) is 0 Å². The first-order valence-electron chi connectivity index (χ1n) is 11.4. The van der Waals surface area contributed by atoms with Gasteiger partial charge in [0.1, 0.15) is 11.5 Å². The third kappa shape index (κ3) is 2.56. The van der Waals surface area contributed by atoms with Gasteiger partial charge < -0.3 is 9.64 Å². The van der Waals surface area contributed by atoms with Crippen molar-refractivity contribution in [3.63, 3.8) is 0 Å². The average Bonchev–Trinajstić information content (AvgIpc) is 2.99. The van der Waals surface area contributed by atoms with Crippen LogP contribution < -0.4 is 26.0 Å². The van der Waals surface area contributed by atoms with Crippen LogP contribution in [0, 0.1) is 0 Å². The second kappa shape index (κ2) is 6.76. The third-order valence-corrected chi connectivity index (χ3v) is 7.11. The molecular weight excluding hydrogens is 401 g/mol. The Morgan fingerprint density at radius 3 is 2.21 bits per heavy atom. The van der Waals surface area contributed by atoms with Crippen LogP contribution in [-0.2, 0) is 0 Å². The Kier molecular flexibility index (Phi) is 3.81. The van der Waals surface area contributed by atoms with Crippen LogP contribution in [-0.4, -0.2) is 20.8 Å². The summed E-state index contributed by atoms with van der Waals surface area (Å²) in [6, 6.07) is 35.1. The number of ether oxygens (including phenoxy) is 1. The predicted octanol–water partition coefficient (Wildman–Crippen LogP) is 5.27. The van der Waals surface area contributed by atoms with E-state index in [0.29, 0.717) is 0 Å². The minimum atomic E-state index is 0.113. The zero-order valence-electron chi connectivity index (χ0n) is 18.7. The van der Waals surface area contributed by atoms with Crippen LogP contribution in [0.3, 0.4) is 0 Å². The van der Waals surface area contributed by atoms with Crippen LogP contribution in [0.5, 0.6) is 11.5 Å². The molecule has 0 saturated heterocycles. The predicted molar refractivity (Wildman–Crippen MR) is 142 cm³/mol. The Balaban J connectivity index is 1.68. The number of rotatable bonds is 2. The number of anilines is 1. The lowest BCUT2D eigenvalue weighted by molar-refractivity contribution is 0.493. The van der Waals surface area contributed by atoms with E-state index in [4.69, 9.17) is 4.74 Å². The van der Waals surface area contributed by atoms with Crippen molar-refractivity contribution < 1.29 is 4.74 Å². The van der Waals surface area contributed by atoms with Gasteiger partial charge in [0.05, 0.1) is 0 Å². The average molecular weight is 423 g/mol. The van der Waals surface area contributed by atoms with Gasteiger partial charge in [-0.15, -0.1) is 0 Å². The van der Waals surface area contributed by atoms with Gasteiger partial charge in [-0.3, -0.25) is 0 Å². The van der Waals surface area contributed by atoms with Crippen molar-refractivity contribution in [3.8, 4) is 11.5 Å². The Morgan fingerprint density at radius 1 is 0.606 bits per heavy atom. The van der Waals surface area contributed by atoms with Gasteiger partial charge in [0.25, 0.3) is 0 Å². The monoisotopic (exact) mass is 423 g/mol. The lowest BCUT2D eigenvalue weighted by Crippen LogP contribution is -2.51. The number of hydrogen-bond donors (Lipinski definition) is 0. The van der Waals surface area contributed by atoms with E-state index in [1.165, 1.54) is 54.4 Å². The molecule has 0 aliphatic carbocycles. The Labute approximate surface area is 193 Å². The SMILES string of the molecule is CN(C)c1ccc2cc3c4c(ccc5ccc1c2c54)B(c1ccccc1)c1ccccc1O3. The summed E-state index contributed by atoms with van der Waals surface area (Å²) in [4.78, 5) is 2.20. The smallest absolute Gasteiger partial charge is 0.247 e. The van der Waals surface area contributed by atoms with Gasteiger partial charge in [-0.25, -0.2) is 0 Å². The van der Waals surface area contributed by atoms with Crippen LogP contribution >= 0.6 is 0 Å². The van der Waals surface area contributed by atoms with E-state index in [0.717, 1.165) is 11.5 Å². The number of nitrogens with zero attached hydrogens (tertiary/aromatic N) is 1. The van der Waals surface area contributed by atoms with Gasteiger partial charge in [0.2, 0.25) is 6.71 Å². The van der Waals surface area contributed by atoms with E-state index in [1.54, 1.807) is 0 Å². The van der Waals surface area contributed by atoms with Crippen LogP contribution in [0.1, 0.15) is 0 Å². The van der Waals surface area contributed by atoms with E-state index in [9.17, 15) is 0 Å². The van der Waals surface area contributed by atoms with E-state index < -0.39 is 0 Å². The first-order chi connectivity index (χ1) is 16.2. The van der Waals surface area contributed by atoms with Gasteiger partial charge in [-0.1, -0.05) is 89.8 Å². The quantitative estimate of drug-likeness (QED) is 0.278. The lowest BCUT2D eigenvalue weighted by atomic mass is 9.36. The molecule has 33 heavy (non-hydrogen) atoms. The Bertz CT molecular complexity index is 1670. The molecule has 1 heterocycles. The molecular formula is C30H22BNO. The molecule has 0 atom stereocenters. The number of fused-ring (bicyclic) bond motifs is 1. The summed E-state index contributed by atoms with van der Waals surface area (Å²) < 4.78 is 6.70. The van der Waals surface area contributed by atoms with E-state index in [2.05, 4.69) is 116 Å². The fourth-order valence-corrected chi connectivity index (χ4v) is 5.70. The first-order valence-corrected chi connectivity index (χ1v) is 11.4. The highest BCUT2D eigenvalue weighted by Crippen LogP contribution is 2.43. The van der Waals surface area contributed by atoms with E-state index in [-0.39, 0.29) is 6.71 Å². The van der Waals surface area contributed by atoms with Crippen molar-refractivity contribution in [1.29, 1.82) is 0 Å². The molecule has 156 valence electrons. The van der Waals surface area contributed by atoms with E-state index in [1.807, 2.05) is 0 Å². The van der Waals surface area contributed by atoms with Crippen molar-refractivity contribution >= 4 is 61.1 Å². The zero-order chi connectivity index (χ0) is 22.1. The van der Waals surface area contributed by atoms with Crippen molar-refractivity contribution in [2.45, 2.75) is 0 Å². The molecule has 7 rings (SSSR count). The largest absolute Gasteiger partial charge is 0.457 e. The molecule has 0 saturated carbocycles. The summed E-state index contributed by atoms with van der Waals surface area (Å²) >= 11 is 0. The number of hydrogen-bond acceptors (Lipinski definition) is 2. The topological polar surface area (TPSA) is 12.5 Å². The standard InChI is InChI=1S/C30H22BNO/c1-32(2)25-17-14-20-18-27-30-24(16-13-19-12-15-22(25)28(20)29(19)30)31(21-8-4-3-5-9-21)23-10-6-7-11-26(23)33-27/h3-18H,1-2H3. The molecule has 2 nitrogen and oxygen atoms in total. The molecule has 0 unspecified atom stereocenters. The molecule has 3 heteroatoms. The molecule has 0 N–H and O–H groups in total. The van der Waals surface area contributed by atoms with Crippen LogP contribution in [0.15, 0.2) is 97.1 Å². The Morgan fingerprint density at radius 2 is 1.36 bits per heavy atom. The molecule has 0 aromatic heterocycles. The summed E-state index contributed by atoms with van der Waals surface area (Å²) in [5.74, 6) is 1.88. The van der Waals surface area contributed by atoms with Crippen molar-refractivity contribution in [3.05, 3.63) is 97.1 Å². The molecule has 1 aliphatic rings. The van der Waals surface area contributed by atoms with Gasteiger partial charge in [0, 0.05) is 35.9 Å². The normalized spacial score (nSPS) is 12.7. The third-order valence-electron chi connectivity index (χ3n) is 7.11. The zero-order valence-corrected chi connectivity index (χ0v) is 18.7. The maximum atomic E-state index is 6.70. The van der Waals surface area contributed by atoms with Gasteiger partial charge in [-0.2, -0.15) is 0 Å². The maximum absolute atomic E-state index is 6.70. The Hall–Kier alpha value is -3.98. The highest BCUT2D eigenvalue weighted by atomic mass is 16.5. The van der Waals surface area contributed by atoms with Gasteiger partial charge in [0.15, 0.2) is 0 Å². The minimum Gasteiger partial charge on any atom is -0.457 e. The fraction of sp³-hybridized carbons (Fsp3) is 0.0667. The maximum Gasteiger partial charge on any atom is 0.247 e. The molecule has 6 aromatic rings. The van der Waals surface area contributed by atoms with Crippen LogP contribution in [0.4, 0.5) is 5.69 Å². The second-order valence-corrected chi connectivity index (χ2v) is 9.18.